The first kappa shape index (κ1) is 22.4. The molecule has 176 valence electrons. The Hall–Kier alpha value is -2.37. The number of hydrogen-bond donors (Lipinski definition) is 1. The number of nitrogens with zero attached hydrogens (tertiary/aromatic N) is 1. The van der Waals surface area contributed by atoms with E-state index in [1.54, 1.807) is 7.11 Å². The normalized spacial score (nSPS) is 29.8. The molecule has 2 aromatic carbocycles. The van der Waals surface area contributed by atoms with Crippen molar-refractivity contribution in [2.75, 3.05) is 33.9 Å². The third-order valence-corrected chi connectivity index (χ3v) is 8.15. The molecule has 1 amide bonds. The summed E-state index contributed by atoms with van der Waals surface area (Å²) in [6, 6.07) is 18.2. The summed E-state index contributed by atoms with van der Waals surface area (Å²) in [5.74, 6) is 2.18. The Morgan fingerprint density at radius 3 is 2.67 bits per heavy atom. The van der Waals surface area contributed by atoms with Crippen LogP contribution in [0.5, 0.6) is 5.75 Å². The Morgan fingerprint density at radius 2 is 1.94 bits per heavy atom. The van der Waals surface area contributed by atoms with Crippen molar-refractivity contribution in [2.45, 2.75) is 49.7 Å². The molecule has 1 aliphatic heterocycles. The van der Waals surface area contributed by atoms with E-state index in [9.17, 15) is 4.79 Å². The van der Waals surface area contributed by atoms with Crippen molar-refractivity contribution < 1.29 is 14.3 Å². The Morgan fingerprint density at radius 1 is 1.12 bits per heavy atom. The molecule has 0 bridgehead atoms. The van der Waals surface area contributed by atoms with Gasteiger partial charge in [-0.15, -0.1) is 0 Å². The fraction of sp³-hybridized carbons (Fsp3) is 0.536. The minimum atomic E-state index is -0.0395. The number of benzene rings is 2. The third-order valence-electron chi connectivity index (χ3n) is 8.15. The Labute approximate surface area is 197 Å². The van der Waals surface area contributed by atoms with Gasteiger partial charge in [0.05, 0.1) is 13.2 Å². The Balaban J connectivity index is 1.45. The molecular weight excluding hydrogens is 412 g/mol. The lowest BCUT2D eigenvalue weighted by atomic mass is 9.57. The van der Waals surface area contributed by atoms with E-state index >= 15 is 0 Å². The number of carbonyl (C=O) groups excluding carboxylic acids is 1. The number of nitrogens with one attached hydrogen (secondary N) is 1. The molecule has 0 radical (unpaired) electrons. The molecule has 2 aliphatic carbocycles. The average molecular weight is 449 g/mol. The lowest BCUT2D eigenvalue weighted by molar-refractivity contribution is -0.0678. The van der Waals surface area contributed by atoms with Crippen molar-refractivity contribution in [1.29, 1.82) is 0 Å². The van der Waals surface area contributed by atoms with E-state index in [1.165, 1.54) is 24.9 Å². The molecule has 5 nitrogen and oxygen atoms in total. The molecule has 3 aliphatic rings. The molecule has 5 heteroatoms. The highest BCUT2D eigenvalue weighted by atomic mass is 16.5. The van der Waals surface area contributed by atoms with Crippen molar-refractivity contribution in [1.82, 2.24) is 10.2 Å². The average Bonchev–Trinajstić information content (AvgIpc) is 3.68. The molecule has 1 heterocycles. The molecule has 4 atom stereocenters. The molecule has 5 rings (SSSR count). The molecule has 2 aromatic rings. The van der Waals surface area contributed by atoms with Gasteiger partial charge in [-0.25, -0.2) is 0 Å². The van der Waals surface area contributed by atoms with Crippen molar-refractivity contribution in [3.63, 3.8) is 0 Å². The molecule has 0 aromatic heterocycles. The predicted octanol–water partition coefficient (Wildman–Crippen LogP) is 4.27. The Bertz CT molecular complexity index is 961. The number of amides is 1. The standard InChI is InChI=1S/C28H36N2O3/c1-32-24-10-6-9-22(15-24)28-13-14-30(18-20-11-12-20)19-25(28)26(33-2)16-23(17-28)29-27(31)21-7-4-3-5-8-21/h3-10,15,20,23,25-26H,11-14,16-19H2,1-2H3,(H,29,31)/t23-,25?,26?,28?/m0/s1. The largest absolute Gasteiger partial charge is 0.497 e. The zero-order chi connectivity index (χ0) is 22.8. The number of rotatable bonds is 7. The van der Waals surface area contributed by atoms with Crippen molar-refractivity contribution >= 4 is 5.91 Å². The molecule has 1 saturated heterocycles. The van der Waals surface area contributed by atoms with Crippen LogP contribution >= 0.6 is 0 Å². The number of fused-ring (bicyclic) bond motifs is 1. The second-order valence-electron chi connectivity index (χ2n) is 10.2. The summed E-state index contributed by atoms with van der Waals surface area (Å²) in [5, 5.41) is 3.35. The van der Waals surface area contributed by atoms with E-state index in [4.69, 9.17) is 9.47 Å². The maximum atomic E-state index is 13.0. The first-order chi connectivity index (χ1) is 16.1. The van der Waals surface area contributed by atoms with Gasteiger partial charge in [-0.1, -0.05) is 30.3 Å². The third kappa shape index (κ3) is 4.67. The van der Waals surface area contributed by atoms with Gasteiger partial charge in [0.2, 0.25) is 0 Å². The van der Waals surface area contributed by atoms with Crippen LogP contribution in [0.15, 0.2) is 54.6 Å². The van der Waals surface area contributed by atoms with Crippen molar-refractivity contribution in [3.8, 4) is 5.75 Å². The van der Waals surface area contributed by atoms with Gasteiger partial charge in [0.25, 0.3) is 5.91 Å². The SMILES string of the molecule is COc1cccc(C23CCN(CC4CC4)CC2C(OC)C[C@H](NC(=O)c2ccccc2)C3)c1. The van der Waals surface area contributed by atoms with E-state index in [0.29, 0.717) is 11.5 Å². The maximum absolute atomic E-state index is 13.0. The highest BCUT2D eigenvalue weighted by Gasteiger charge is 2.53. The summed E-state index contributed by atoms with van der Waals surface area (Å²) >= 11 is 0. The summed E-state index contributed by atoms with van der Waals surface area (Å²) < 4.78 is 11.7. The smallest absolute Gasteiger partial charge is 0.251 e. The van der Waals surface area contributed by atoms with E-state index in [0.717, 1.165) is 44.0 Å². The van der Waals surface area contributed by atoms with Crippen LogP contribution in [-0.2, 0) is 10.2 Å². The first-order valence-corrected chi connectivity index (χ1v) is 12.4. The molecule has 3 fully saturated rings. The van der Waals surface area contributed by atoms with Gasteiger partial charge < -0.3 is 19.7 Å². The van der Waals surface area contributed by atoms with Crippen LogP contribution in [0.2, 0.25) is 0 Å². The van der Waals surface area contributed by atoms with E-state index in [1.807, 2.05) is 43.5 Å². The van der Waals surface area contributed by atoms with Gasteiger partial charge in [0, 0.05) is 43.1 Å². The number of ether oxygens (including phenoxy) is 2. The molecule has 33 heavy (non-hydrogen) atoms. The first-order valence-electron chi connectivity index (χ1n) is 12.4. The zero-order valence-electron chi connectivity index (χ0n) is 19.8. The van der Waals surface area contributed by atoms with E-state index < -0.39 is 0 Å². The molecule has 3 unspecified atom stereocenters. The van der Waals surface area contributed by atoms with Crippen LogP contribution in [0.4, 0.5) is 0 Å². The number of carbonyl (C=O) groups is 1. The zero-order valence-corrected chi connectivity index (χ0v) is 19.8. The van der Waals surface area contributed by atoms with Crippen molar-refractivity contribution in [2.24, 2.45) is 11.8 Å². The minimum Gasteiger partial charge on any atom is -0.497 e. The second-order valence-corrected chi connectivity index (χ2v) is 10.2. The highest BCUT2D eigenvalue weighted by molar-refractivity contribution is 5.94. The molecule has 2 saturated carbocycles. The number of likely N-dealkylation sites (tertiary alicyclic amines) is 1. The predicted molar refractivity (Wildman–Crippen MR) is 130 cm³/mol. The monoisotopic (exact) mass is 448 g/mol. The summed E-state index contributed by atoms with van der Waals surface area (Å²) in [7, 11) is 3.57. The number of methoxy groups -OCH3 is 2. The van der Waals surface area contributed by atoms with Crippen molar-refractivity contribution in [3.05, 3.63) is 65.7 Å². The molecule has 0 spiro atoms. The van der Waals surface area contributed by atoms with Gasteiger partial charge in [-0.05, 0) is 74.4 Å². The molecule has 1 N–H and O–H groups in total. The van der Waals surface area contributed by atoms with Crippen LogP contribution in [0.1, 0.15) is 48.0 Å². The Kier molecular flexibility index (Phi) is 6.44. The van der Waals surface area contributed by atoms with Gasteiger partial charge >= 0.3 is 0 Å². The van der Waals surface area contributed by atoms with Gasteiger partial charge in [0.15, 0.2) is 0 Å². The van der Waals surface area contributed by atoms with Crippen LogP contribution in [0, 0.1) is 11.8 Å². The summed E-state index contributed by atoms with van der Waals surface area (Å²) in [4.78, 5) is 15.7. The second kappa shape index (κ2) is 9.47. The van der Waals surface area contributed by atoms with Crippen LogP contribution < -0.4 is 10.1 Å². The summed E-state index contributed by atoms with van der Waals surface area (Å²) in [6.07, 6.45) is 5.72. The van der Waals surface area contributed by atoms with Gasteiger partial charge in [0.1, 0.15) is 5.75 Å². The minimum absolute atomic E-state index is 0.000801. The number of piperidine rings is 1. The topological polar surface area (TPSA) is 50.8 Å². The highest BCUT2D eigenvalue weighted by Crippen LogP contribution is 2.51. The fourth-order valence-electron chi connectivity index (χ4n) is 6.25. The summed E-state index contributed by atoms with van der Waals surface area (Å²) in [5.41, 5.74) is 1.99. The van der Waals surface area contributed by atoms with Crippen LogP contribution in [0.25, 0.3) is 0 Å². The van der Waals surface area contributed by atoms with Gasteiger partial charge in [-0.2, -0.15) is 0 Å². The fourth-order valence-corrected chi connectivity index (χ4v) is 6.25. The van der Waals surface area contributed by atoms with Crippen LogP contribution in [-0.4, -0.2) is 56.8 Å². The van der Waals surface area contributed by atoms with E-state index in [2.05, 4.69) is 28.4 Å². The van der Waals surface area contributed by atoms with Gasteiger partial charge in [-0.3, -0.25) is 4.79 Å². The summed E-state index contributed by atoms with van der Waals surface area (Å²) in [6.45, 7) is 3.38. The quantitative estimate of drug-likeness (QED) is 0.687. The lowest BCUT2D eigenvalue weighted by Crippen LogP contribution is -2.61. The lowest BCUT2D eigenvalue weighted by Gasteiger charge is -2.55. The van der Waals surface area contributed by atoms with Crippen LogP contribution in [0.3, 0.4) is 0 Å². The maximum Gasteiger partial charge on any atom is 0.251 e. The number of hydrogen-bond acceptors (Lipinski definition) is 4. The molecular formula is C28H36N2O3. The van der Waals surface area contributed by atoms with E-state index in [-0.39, 0.29) is 23.5 Å².